The minimum atomic E-state index is 0.656. The molecule has 0 atom stereocenters. The first-order chi connectivity index (χ1) is 6.42. The van der Waals surface area contributed by atoms with Crippen LogP contribution in [0.15, 0.2) is 30.3 Å². The highest BCUT2D eigenvalue weighted by atomic mass is 14.5. The summed E-state index contributed by atoms with van der Waals surface area (Å²) >= 11 is 0. The molecule has 0 radical (unpaired) electrons. The molecule has 0 fully saturated rings. The maximum Gasteiger partial charge on any atom is 0.0112 e. The second-order valence-corrected chi connectivity index (χ2v) is 3.48. The zero-order valence-corrected chi connectivity index (χ0v) is 7.79. The molecule has 2 rings (SSSR count). The van der Waals surface area contributed by atoms with Crippen LogP contribution in [-0.4, -0.2) is 6.54 Å². The van der Waals surface area contributed by atoms with E-state index in [4.69, 9.17) is 5.73 Å². The zero-order chi connectivity index (χ0) is 9.10. The molecule has 0 spiro atoms. The van der Waals surface area contributed by atoms with E-state index in [2.05, 4.69) is 30.3 Å². The van der Waals surface area contributed by atoms with Gasteiger partial charge >= 0.3 is 0 Å². The molecule has 0 bridgehead atoms. The van der Waals surface area contributed by atoms with E-state index in [-0.39, 0.29) is 0 Å². The van der Waals surface area contributed by atoms with E-state index in [1.165, 1.54) is 36.0 Å². The number of allylic oxidation sites excluding steroid dienone is 1. The average Bonchev–Trinajstić information content (AvgIpc) is 2.19. The highest BCUT2D eigenvalue weighted by Gasteiger charge is 2.11. The highest BCUT2D eigenvalue weighted by Crippen LogP contribution is 2.29. The Hall–Kier alpha value is -1.08. The van der Waals surface area contributed by atoms with Gasteiger partial charge in [0.25, 0.3) is 0 Å². The fourth-order valence-corrected chi connectivity index (χ4v) is 2.01. The lowest BCUT2D eigenvalue weighted by molar-refractivity contribution is 0.820. The summed E-state index contributed by atoms with van der Waals surface area (Å²) in [5.74, 6) is 0. The Labute approximate surface area is 79.3 Å². The predicted octanol–water partition coefficient (Wildman–Crippen LogP) is 2.37. The molecule has 0 saturated heterocycles. The third-order valence-electron chi connectivity index (χ3n) is 2.62. The SMILES string of the molecule is NCC=C1CCCc2ccccc21. The molecule has 0 unspecified atom stereocenters. The fraction of sp³-hybridized carbons (Fsp3) is 0.333. The van der Waals surface area contributed by atoms with E-state index >= 15 is 0 Å². The largest absolute Gasteiger partial charge is 0.327 e. The van der Waals surface area contributed by atoms with Crippen molar-refractivity contribution in [1.29, 1.82) is 0 Å². The van der Waals surface area contributed by atoms with Crippen molar-refractivity contribution in [1.82, 2.24) is 0 Å². The van der Waals surface area contributed by atoms with Crippen LogP contribution in [-0.2, 0) is 6.42 Å². The Balaban J connectivity index is 2.42. The summed E-state index contributed by atoms with van der Waals surface area (Å²) in [6.07, 6.45) is 5.83. The number of benzene rings is 1. The van der Waals surface area contributed by atoms with Crippen LogP contribution >= 0.6 is 0 Å². The Kier molecular flexibility index (Phi) is 2.46. The Morgan fingerprint density at radius 1 is 1.23 bits per heavy atom. The smallest absolute Gasteiger partial charge is 0.0112 e. The molecule has 1 aromatic carbocycles. The molecule has 13 heavy (non-hydrogen) atoms. The molecule has 1 heteroatoms. The normalized spacial score (nSPS) is 18.7. The molecule has 0 heterocycles. The van der Waals surface area contributed by atoms with Crippen molar-refractivity contribution in [3.05, 3.63) is 41.5 Å². The lowest BCUT2D eigenvalue weighted by Crippen LogP contribution is -2.03. The molecule has 1 aliphatic rings. The second kappa shape index (κ2) is 3.75. The molecule has 68 valence electrons. The van der Waals surface area contributed by atoms with Gasteiger partial charge in [0.05, 0.1) is 0 Å². The van der Waals surface area contributed by atoms with Gasteiger partial charge in [0.1, 0.15) is 0 Å². The summed E-state index contributed by atoms with van der Waals surface area (Å²) in [6, 6.07) is 8.65. The zero-order valence-electron chi connectivity index (χ0n) is 7.79. The molecule has 1 aromatic rings. The van der Waals surface area contributed by atoms with Gasteiger partial charge in [0.2, 0.25) is 0 Å². The van der Waals surface area contributed by atoms with Gasteiger partial charge in [-0.25, -0.2) is 0 Å². The quantitative estimate of drug-likeness (QED) is 0.693. The number of nitrogens with two attached hydrogens (primary N) is 1. The van der Waals surface area contributed by atoms with Crippen molar-refractivity contribution in [2.24, 2.45) is 5.73 Å². The molecule has 0 amide bonds. The first-order valence-electron chi connectivity index (χ1n) is 4.89. The van der Waals surface area contributed by atoms with Crippen molar-refractivity contribution in [3.8, 4) is 0 Å². The molecule has 1 nitrogen and oxygen atoms in total. The summed E-state index contributed by atoms with van der Waals surface area (Å²) in [5, 5.41) is 0. The first kappa shape index (κ1) is 8.52. The number of fused-ring (bicyclic) bond motifs is 1. The average molecular weight is 173 g/mol. The van der Waals surface area contributed by atoms with Crippen LogP contribution in [0.5, 0.6) is 0 Å². The van der Waals surface area contributed by atoms with Gasteiger partial charge in [-0.3, -0.25) is 0 Å². The lowest BCUT2D eigenvalue weighted by atomic mass is 9.87. The third-order valence-corrected chi connectivity index (χ3v) is 2.62. The van der Waals surface area contributed by atoms with Gasteiger partial charge in [0.15, 0.2) is 0 Å². The monoisotopic (exact) mass is 173 g/mol. The van der Waals surface area contributed by atoms with Crippen LogP contribution in [0.4, 0.5) is 0 Å². The van der Waals surface area contributed by atoms with Gasteiger partial charge in [-0.05, 0) is 36.0 Å². The number of aryl methyl sites for hydroxylation is 1. The minimum absolute atomic E-state index is 0.656. The lowest BCUT2D eigenvalue weighted by Gasteiger charge is -2.18. The van der Waals surface area contributed by atoms with Crippen LogP contribution in [0.3, 0.4) is 0 Å². The number of hydrogen-bond acceptors (Lipinski definition) is 1. The van der Waals surface area contributed by atoms with E-state index in [9.17, 15) is 0 Å². The molecular weight excluding hydrogens is 158 g/mol. The summed E-state index contributed by atoms with van der Waals surface area (Å²) in [4.78, 5) is 0. The van der Waals surface area contributed by atoms with Gasteiger partial charge < -0.3 is 5.73 Å². The second-order valence-electron chi connectivity index (χ2n) is 3.48. The number of hydrogen-bond donors (Lipinski definition) is 1. The summed E-state index contributed by atoms with van der Waals surface area (Å²) in [5.41, 5.74) is 9.87. The van der Waals surface area contributed by atoms with E-state index in [0.717, 1.165) is 0 Å². The fourth-order valence-electron chi connectivity index (χ4n) is 2.01. The number of rotatable bonds is 1. The van der Waals surface area contributed by atoms with E-state index in [0.29, 0.717) is 6.54 Å². The molecule has 0 saturated carbocycles. The maximum atomic E-state index is 5.54. The van der Waals surface area contributed by atoms with E-state index < -0.39 is 0 Å². The summed E-state index contributed by atoms with van der Waals surface area (Å²) in [7, 11) is 0. The van der Waals surface area contributed by atoms with Crippen molar-refractivity contribution in [3.63, 3.8) is 0 Å². The van der Waals surface area contributed by atoms with Gasteiger partial charge in [-0.1, -0.05) is 30.3 Å². The Morgan fingerprint density at radius 2 is 2.08 bits per heavy atom. The van der Waals surface area contributed by atoms with Crippen LogP contribution in [0.1, 0.15) is 24.0 Å². The van der Waals surface area contributed by atoms with Crippen molar-refractivity contribution >= 4 is 5.57 Å². The summed E-state index contributed by atoms with van der Waals surface area (Å²) in [6.45, 7) is 0.656. The molecule has 0 aliphatic heterocycles. The van der Waals surface area contributed by atoms with Crippen molar-refractivity contribution in [2.75, 3.05) is 6.54 Å². The van der Waals surface area contributed by atoms with Crippen LogP contribution in [0.25, 0.3) is 5.57 Å². The Bertz CT molecular complexity index is 326. The molecule has 2 N–H and O–H groups in total. The van der Waals surface area contributed by atoms with Gasteiger partial charge in [0, 0.05) is 6.54 Å². The first-order valence-corrected chi connectivity index (χ1v) is 4.89. The minimum Gasteiger partial charge on any atom is -0.327 e. The third kappa shape index (κ3) is 1.65. The Morgan fingerprint density at radius 3 is 2.92 bits per heavy atom. The van der Waals surface area contributed by atoms with Crippen LogP contribution in [0.2, 0.25) is 0 Å². The van der Waals surface area contributed by atoms with Crippen molar-refractivity contribution < 1.29 is 0 Å². The molecule has 0 aromatic heterocycles. The maximum absolute atomic E-state index is 5.54. The summed E-state index contributed by atoms with van der Waals surface area (Å²) < 4.78 is 0. The van der Waals surface area contributed by atoms with E-state index in [1.54, 1.807) is 0 Å². The van der Waals surface area contributed by atoms with Gasteiger partial charge in [-0.2, -0.15) is 0 Å². The van der Waals surface area contributed by atoms with Crippen molar-refractivity contribution in [2.45, 2.75) is 19.3 Å². The van der Waals surface area contributed by atoms with Crippen LogP contribution < -0.4 is 5.73 Å². The molecular formula is C12H15N. The van der Waals surface area contributed by atoms with Crippen LogP contribution in [0, 0.1) is 0 Å². The molecule has 1 aliphatic carbocycles. The highest BCUT2D eigenvalue weighted by molar-refractivity contribution is 5.69. The predicted molar refractivity (Wildman–Crippen MR) is 56.4 cm³/mol. The topological polar surface area (TPSA) is 26.0 Å². The van der Waals surface area contributed by atoms with Gasteiger partial charge in [-0.15, -0.1) is 0 Å². The van der Waals surface area contributed by atoms with E-state index in [1.807, 2.05) is 0 Å². The standard InChI is InChI=1S/C12H15N/c13-9-8-11-6-3-5-10-4-1-2-7-12(10)11/h1-2,4,7-8H,3,5-6,9,13H2.